The first-order valence-electron chi connectivity index (χ1n) is 16.7. The van der Waals surface area contributed by atoms with Crippen LogP contribution >= 0.6 is 0 Å². The molecule has 2 N–H and O–H groups in total. The van der Waals surface area contributed by atoms with Gasteiger partial charge in [-0.3, -0.25) is 14.8 Å². The van der Waals surface area contributed by atoms with E-state index in [4.69, 9.17) is 9.47 Å². The Morgan fingerprint density at radius 3 is 1.57 bits per heavy atom. The summed E-state index contributed by atoms with van der Waals surface area (Å²) in [6.07, 6.45) is 5.23. The second-order valence-corrected chi connectivity index (χ2v) is 12.7. The molecule has 256 valence electrons. The van der Waals surface area contributed by atoms with Crippen molar-refractivity contribution in [1.82, 2.24) is 19.8 Å². The van der Waals surface area contributed by atoms with Gasteiger partial charge in [0.25, 0.3) is 0 Å². The molecule has 2 aromatic carbocycles. The summed E-state index contributed by atoms with van der Waals surface area (Å²) in [5, 5.41) is 33.2. The van der Waals surface area contributed by atoms with E-state index in [9.17, 15) is 24.9 Å². The first-order valence-corrected chi connectivity index (χ1v) is 16.7. The predicted octanol–water partition coefficient (Wildman–Crippen LogP) is -0.284. The van der Waals surface area contributed by atoms with Gasteiger partial charge in [-0.25, -0.2) is 0 Å². The molecular weight excluding hydrogens is 619 g/mol. The van der Waals surface area contributed by atoms with Gasteiger partial charge in [0.05, 0.1) is 11.0 Å². The van der Waals surface area contributed by atoms with Crippen molar-refractivity contribution in [3.8, 4) is 11.5 Å². The van der Waals surface area contributed by atoms with Gasteiger partial charge in [-0.05, 0) is 107 Å². The van der Waals surface area contributed by atoms with Crippen LogP contribution < -0.4 is 33.4 Å². The van der Waals surface area contributed by atoms with Crippen LogP contribution in [0, 0.1) is 11.8 Å². The fourth-order valence-electron chi connectivity index (χ4n) is 6.35. The number of ether oxygens (including phenoxy) is 2. The molecule has 49 heavy (non-hydrogen) atoms. The molecule has 1 unspecified atom stereocenters. The quantitative estimate of drug-likeness (QED) is 0.193. The Hall–Kier alpha value is -3.56. The SMILES string of the molecule is CC(=O)C1CCN(C[C@@H](O)COc2cccc3ncccc23)CC1.O=C([O-])C1CCN(CC(O)COc2cccc3ncccc23)CC1.[Li+]. The molecule has 0 spiro atoms. The number of carbonyl (C=O) groups excluding carboxylic acids is 2. The van der Waals surface area contributed by atoms with Crippen molar-refractivity contribution < 1.29 is 53.2 Å². The Kier molecular flexibility index (Phi) is 14.8. The van der Waals surface area contributed by atoms with E-state index in [2.05, 4.69) is 19.8 Å². The number of likely N-dealkylation sites (tertiary alicyclic amines) is 2. The number of piperidine rings is 2. The van der Waals surface area contributed by atoms with Gasteiger partial charge in [-0.15, -0.1) is 0 Å². The van der Waals surface area contributed by atoms with Crippen LogP contribution in [-0.2, 0) is 9.59 Å². The normalized spacial score (nSPS) is 17.4. The average molecular weight is 665 g/mol. The fourth-order valence-corrected chi connectivity index (χ4v) is 6.35. The van der Waals surface area contributed by atoms with E-state index in [0.29, 0.717) is 44.8 Å². The molecule has 2 aliphatic rings. The number of Topliss-reactive ketones (excluding diaryl/α,β-unsaturated/α-hetero) is 1. The van der Waals surface area contributed by atoms with Gasteiger partial charge in [-0.2, -0.15) is 0 Å². The zero-order valence-electron chi connectivity index (χ0n) is 28.4. The number of β-amino-alcohol motifs (C(OH)–C–C–N with tert-alkyl or cyclic N) is 2. The predicted molar refractivity (Wildman–Crippen MR) is 181 cm³/mol. The van der Waals surface area contributed by atoms with Crippen LogP contribution in [0.2, 0.25) is 0 Å². The van der Waals surface area contributed by atoms with Gasteiger partial charge < -0.3 is 39.4 Å². The molecule has 11 nitrogen and oxygen atoms in total. The molecule has 12 heteroatoms. The molecule has 2 aliphatic heterocycles. The van der Waals surface area contributed by atoms with Crippen molar-refractivity contribution in [3.05, 3.63) is 73.1 Å². The standard InChI is InChI=1S/C19H24N2O3.C18H22N2O4.Li/c1-14(22)15-7-10-21(11-8-15)12-16(23)13-24-19-6-2-5-18-17(19)4-3-9-20-18;21-14(11-20-9-6-13(7-10-20)18(22)23)12-24-17-5-1-4-16-15(17)3-2-8-19-16;/h2-6,9,15-16,23H,7-8,10-13H2,1H3;1-5,8,13-14,21H,6-7,9-12H2,(H,22,23);/q;;+1/p-1/t16-;;/m1../s1. The molecule has 2 saturated heterocycles. The smallest absolute Gasteiger partial charge is 0.550 e. The minimum Gasteiger partial charge on any atom is -0.550 e. The topological polar surface area (TPSA) is 148 Å². The number of rotatable bonds is 12. The zero-order valence-corrected chi connectivity index (χ0v) is 28.4. The molecule has 0 radical (unpaired) electrons. The molecule has 6 rings (SSSR count). The van der Waals surface area contributed by atoms with Crippen molar-refractivity contribution in [1.29, 1.82) is 0 Å². The van der Waals surface area contributed by atoms with Crippen molar-refractivity contribution >= 4 is 33.6 Å². The number of aliphatic hydroxyl groups is 2. The fraction of sp³-hybridized carbons (Fsp3) is 0.459. The van der Waals surface area contributed by atoms with Crippen LogP contribution in [0.1, 0.15) is 32.6 Å². The summed E-state index contributed by atoms with van der Waals surface area (Å²) >= 11 is 0. The number of aliphatic hydroxyl groups excluding tert-OH is 2. The molecular formula is C37H45LiN4O7. The van der Waals surface area contributed by atoms with Gasteiger partial charge in [-0.1, -0.05) is 12.1 Å². The maximum atomic E-state index is 11.4. The number of carboxylic acid groups (broad SMARTS) is 1. The van der Waals surface area contributed by atoms with E-state index in [-0.39, 0.29) is 49.7 Å². The third-order valence-electron chi connectivity index (χ3n) is 9.10. The number of hydrogen-bond donors (Lipinski definition) is 2. The van der Waals surface area contributed by atoms with E-state index >= 15 is 0 Å². The zero-order chi connectivity index (χ0) is 33.9. The summed E-state index contributed by atoms with van der Waals surface area (Å²) in [6.45, 7) is 6.20. The van der Waals surface area contributed by atoms with Gasteiger partial charge in [0.1, 0.15) is 42.7 Å². The van der Waals surface area contributed by atoms with Crippen LogP contribution in [0.3, 0.4) is 0 Å². The molecule has 2 fully saturated rings. The minimum absolute atomic E-state index is 0. The van der Waals surface area contributed by atoms with Crippen LogP contribution in [0.5, 0.6) is 11.5 Å². The van der Waals surface area contributed by atoms with Crippen molar-refractivity contribution in [2.45, 2.75) is 44.8 Å². The number of benzene rings is 2. The van der Waals surface area contributed by atoms with Crippen LogP contribution in [0.25, 0.3) is 21.8 Å². The third-order valence-corrected chi connectivity index (χ3v) is 9.10. The number of nitrogens with zero attached hydrogens (tertiary/aromatic N) is 4. The average Bonchev–Trinajstić information content (AvgIpc) is 3.10. The number of aliphatic carboxylic acids is 1. The number of carbonyl (C=O) groups is 2. The molecule has 0 bridgehead atoms. The summed E-state index contributed by atoms with van der Waals surface area (Å²) in [5.41, 5.74) is 1.74. The number of carboxylic acids is 1. The van der Waals surface area contributed by atoms with Crippen molar-refractivity contribution in [2.24, 2.45) is 11.8 Å². The molecule has 2 aromatic heterocycles. The monoisotopic (exact) mass is 664 g/mol. The molecule has 0 saturated carbocycles. The molecule has 4 heterocycles. The van der Waals surface area contributed by atoms with E-state index < -0.39 is 18.2 Å². The maximum absolute atomic E-state index is 11.4. The number of ketones is 1. The Morgan fingerprint density at radius 2 is 1.16 bits per heavy atom. The Bertz CT molecular complexity index is 1510. The maximum Gasteiger partial charge on any atom is 1.00 e. The first-order chi connectivity index (χ1) is 23.3. The van der Waals surface area contributed by atoms with E-state index in [1.165, 1.54) is 0 Å². The van der Waals surface area contributed by atoms with Gasteiger partial charge in [0.15, 0.2) is 0 Å². The van der Waals surface area contributed by atoms with Gasteiger partial charge >= 0.3 is 18.9 Å². The Labute approximate surface area is 299 Å². The summed E-state index contributed by atoms with van der Waals surface area (Å²) in [6, 6.07) is 19.0. The van der Waals surface area contributed by atoms with Crippen LogP contribution in [-0.4, -0.2) is 106 Å². The number of fused-ring (bicyclic) bond motifs is 2. The summed E-state index contributed by atoms with van der Waals surface area (Å²) in [4.78, 5) is 35.1. The van der Waals surface area contributed by atoms with E-state index in [0.717, 1.165) is 53.5 Å². The minimum atomic E-state index is -0.969. The molecule has 4 aromatic rings. The van der Waals surface area contributed by atoms with Crippen molar-refractivity contribution in [2.75, 3.05) is 52.5 Å². The van der Waals surface area contributed by atoms with Crippen LogP contribution in [0.4, 0.5) is 0 Å². The van der Waals surface area contributed by atoms with E-state index in [1.807, 2.05) is 60.7 Å². The second kappa shape index (κ2) is 19.0. The van der Waals surface area contributed by atoms with Gasteiger partial charge in [0.2, 0.25) is 0 Å². The third kappa shape index (κ3) is 11.2. The second-order valence-electron chi connectivity index (χ2n) is 12.7. The Morgan fingerprint density at radius 1 is 0.735 bits per heavy atom. The summed E-state index contributed by atoms with van der Waals surface area (Å²) in [5.74, 6) is 0.590. The first kappa shape index (κ1) is 38.2. The summed E-state index contributed by atoms with van der Waals surface area (Å²) in [7, 11) is 0. The molecule has 0 amide bonds. The molecule has 0 aliphatic carbocycles. The largest absolute Gasteiger partial charge is 1.00 e. The van der Waals surface area contributed by atoms with Crippen molar-refractivity contribution in [3.63, 3.8) is 0 Å². The number of aromatic nitrogens is 2. The van der Waals surface area contributed by atoms with Crippen LogP contribution in [0.15, 0.2) is 73.1 Å². The number of pyridine rings is 2. The Balaban J connectivity index is 0.000000216. The van der Waals surface area contributed by atoms with E-state index in [1.54, 1.807) is 19.3 Å². The molecule has 2 atom stereocenters. The van der Waals surface area contributed by atoms with Gasteiger partial charge in [0, 0.05) is 54.1 Å². The summed E-state index contributed by atoms with van der Waals surface area (Å²) < 4.78 is 11.6. The number of hydrogen-bond acceptors (Lipinski definition) is 11.